The molecule has 0 aromatic carbocycles. The number of nitrogens with zero attached hydrogens (tertiary/aromatic N) is 2. The van der Waals surface area contributed by atoms with Crippen molar-refractivity contribution in [1.29, 1.82) is 0 Å². The minimum Gasteiger partial charge on any atom is -0.475 e. The van der Waals surface area contributed by atoms with E-state index < -0.39 is 12.1 Å². The Morgan fingerprint density at radius 3 is 2.48 bits per heavy atom. The molecule has 0 saturated carbocycles. The first-order valence-electron chi connectivity index (χ1n) is 10.2. The van der Waals surface area contributed by atoms with Crippen LogP contribution in [-0.4, -0.2) is 85.6 Å². The van der Waals surface area contributed by atoms with Crippen LogP contribution in [0.4, 0.5) is 13.2 Å². The molecule has 4 rings (SSSR count). The highest BCUT2D eigenvalue weighted by Gasteiger charge is 2.42. The maximum Gasteiger partial charge on any atom is 0.490 e. The van der Waals surface area contributed by atoms with Gasteiger partial charge >= 0.3 is 12.1 Å². The number of thiophene rings is 1. The number of hydrogen-bond acceptors (Lipinski definition) is 6. The lowest BCUT2D eigenvalue weighted by Gasteiger charge is -2.35. The second-order valence-corrected chi connectivity index (χ2v) is 8.83. The third-order valence-corrected chi connectivity index (χ3v) is 6.60. The standard InChI is InChI=1S/C18H26N2O3S.C2HF3O2/c21-18(20-2-4-22-5-3-20)7-15-11-23-12-16-9-19(10-17(15)16)8-14-1-6-24-13-14;3-2(4,5)1(6)7/h1,6,13,15-17H,2-5,7-12H2;(H,6,7)/t15-,16-,17+;/m1./s1. The van der Waals surface area contributed by atoms with E-state index in [2.05, 4.69) is 21.7 Å². The van der Waals surface area contributed by atoms with E-state index in [1.807, 2.05) is 4.90 Å². The van der Waals surface area contributed by atoms with Crippen LogP contribution in [-0.2, 0) is 25.6 Å². The molecular formula is C20H27F3N2O5S. The van der Waals surface area contributed by atoms with Gasteiger partial charge in [-0.1, -0.05) is 0 Å². The molecule has 4 heterocycles. The number of carboxylic acids is 1. The third-order valence-electron chi connectivity index (χ3n) is 5.87. The summed E-state index contributed by atoms with van der Waals surface area (Å²) < 4.78 is 42.9. The minimum absolute atomic E-state index is 0.281. The maximum atomic E-state index is 12.6. The summed E-state index contributed by atoms with van der Waals surface area (Å²) in [6.07, 6.45) is -4.45. The van der Waals surface area contributed by atoms with Crippen molar-refractivity contribution in [3.63, 3.8) is 0 Å². The van der Waals surface area contributed by atoms with E-state index in [1.54, 1.807) is 11.3 Å². The van der Waals surface area contributed by atoms with Gasteiger partial charge in [0.15, 0.2) is 0 Å². The SMILES string of the molecule is O=C(C[C@@H]1COC[C@H]2CN(Cc3ccsc3)C[C@@H]12)N1CCOCC1.O=C(O)C(F)(F)F. The first kappa shape index (κ1) is 24.0. The van der Waals surface area contributed by atoms with Crippen molar-refractivity contribution in [3.05, 3.63) is 22.4 Å². The summed E-state index contributed by atoms with van der Waals surface area (Å²) in [7, 11) is 0. The zero-order valence-corrected chi connectivity index (χ0v) is 17.9. The molecule has 0 spiro atoms. The summed E-state index contributed by atoms with van der Waals surface area (Å²) in [5, 5.41) is 11.5. The second-order valence-electron chi connectivity index (χ2n) is 8.05. The number of amides is 1. The number of alkyl halides is 3. The zero-order chi connectivity index (χ0) is 22.4. The fourth-order valence-electron chi connectivity index (χ4n) is 4.34. The van der Waals surface area contributed by atoms with E-state index in [-0.39, 0.29) is 5.91 Å². The molecule has 0 bridgehead atoms. The Kier molecular flexibility index (Phi) is 8.31. The fourth-order valence-corrected chi connectivity index (χ4v) is 5.00. The summed E-state index contributed by atoms with van der Waals surface area (Å²) in [5.41, 5.74) is 1.40. The smallest absolute Gasteiger partial charge is 0.475 e. The Bertz CT molecular complexity index is 725. The molecular weight excluding hydrogens is 437 g/mol. The first-order valence-corrected chi connectivity index (χ1v) is 11.1. The van der Waals surface area contributed by atoms with Crippen LogP contribution in [0.2, 0.25) is 0 Å². The molecule has 174 valence electrons. The van der Waals surface area contributed by atoms with Crippen molar-refractivity contribution >= 4 is 23.2 Å². The molecule has 3 fully saturated rings. The molecule has 7 nitrogen and oxygen atoms in total. The summed E-state index contributed by atoms with van der Waals surface area (Å²) in [4.78, 5) is 26.0. The van der Waals surface area contributed by atoms with Crippen LogP contribution in [0.3, 0.4) is 0 Å². The fraction of sp³-hybridized carbons (Fsp3) is 0.700. The third kappa shape index (κ3) is 6.90. The van der Waals surface area contributed by atoms with Gasteiger partial charge in [0.1, 0.15) is 0 Å². The van der Waals surface area contributed by atoms with Crippen LogP contribution in [0.5, 0.6) is 0 Å². The van der Waals surface area contributed by atoms with Gasteiger partial charge in [0.2, 0.25) is 5.91 Å². The lowest BCUT2D eigenvalue weighted by Crippen LogP contribution is -2.44. The normalized spacial score (nSPS) is 26.7. The van der Waals surface area contributed by atoms with Crippen molar-refractivity contribution in [2.75, 3.05) is 52.6 Å². The quantitative estimate of drug-likeness (QED) is 0.737. The van der Waals surface area contributed by atoms with E-state index in [9.17, 15) is 18.0 Å². The van der Waals surface area contributed by atoms with Crippen molar-refractivity contribution in [2.45, 2.75) is 19.1 Å². The Morgan fingerprint density at radius 1 is 1.16 bits per heavy atom. The number of ether oxygens (including phenoxy) is 2. The number of halogens is 3. The van der Waals surface area contributed by atoms with Crippen LogP contribution in [0.1, 0.15) is 12.0 Å². The zero-order valence-electron chi connectivity index (χ0n) is 17.1. The van der Waals surface area contributed by atoms with E-state index in [4.69, 9.17) is 19.4 Å². The highest BCUT2D eigenvalue weighted by atomic mass is 32.1. The summed E-state index contributed by atoms with van der Waals surface area (Å²) in [6, 6.07) is 2.21. The van der Waals surface area contributed by atoms with Crippen LogP contribution in [0.15, 0.2) is 16.8 Å². The van der Waals surface area contributed by atoms with Crippen molar-refractivity contribution in [2.24, 2.45) is 17.8 Å². The average molecular weight is 465 g/mol. The number of fused-ring (bicyclic) bond motifs is 1. The Balaban J connectivity index is 0.000000339. The van der Waals surface area contributed by atoms with E-state index in [1.165, 1.54) is 5.56 Å². The molecule has 3 saturated heterocycles. The van der Waals surface area contributed by atoms with Crippen molar-refractivity contribution in [1.82, 2.24) is 9.80 Å². The number of carbonyl (C=O) groups excluding carboxylic acids is 1. The van der Waals surface area contributed by atoms with Crippen LogP contribution in [0.25, 0.3) is 0 Å². The average Bonchev–Trinajstić information content (AvgIpc) is 3.38. The summed E-state index contributed by atoms with van der Waals surface area (Å²) in [5.74, 6) is -0.926. The summed E-state index contributed by atoms with van der Waals surface area (Å²) >= 11 is 1.76. The topological polar surface area (TPSA) is 79.3 Å². The van der Waals surface area contributed by atoms with E-state index in [0.717, 1.165) is 45.9 Å². The predicted molar refractivity (Wildman–Crippen MR) is 107 cm³/mol. The van der Waals surface area contributed by atoms with Gasteiger partial charge in [-0.05, 0) is 40.1 Å². The van der Waals surface area contributed by atoms with Gasteiger partial charge < -0.3 is 19.5 Å². The molecule has 0 radical (unpaired) electrons. The summed E-state index contributed by atoms with van der Waals surface area (Å²) in [6.45, 7) is 7.65. The van der Waals surface area contributed by atoms with Gasteiger partial charge in [0.25, 0.3) is 0 Å². The Morgan fingerprint density at radius 2 is 1.87 bits per heavy atom. The number of rotatable bonds is 4. The Labute approximate surface area is 182 Å². The number of morpholine rings is 1. The Hall–Kier alpha value is -1.69. The molecule has 1 N–H and O–H groups in total. The predicted octanol–water partition coefficient (Wildman–Crippen LogP) is 2.32. The molecule has 1 aromatic heterocycles. The van der Waals surface area contributed by atoms with E-state index >= 15 is 0 Å². The second kappa shape index (κ2) is 10.8. The molecule has 1 amide bonds. The number of likely N-dealkylation sites (tertiary alicyclic amines) is 1. The van der Waals surface area contributed by atoms with Gasteiger partial charge in [0, 0.05) is 39.1 Å². The molecule has 0 aliphatic carbocycles. The number of aliphatic carboxylic acids is 1. The lowest BCUT2D eigenvalue weighted by molar-refractivity contribution is -0.192. The van der Waals surface area contributed by atoms with Crippen molar-refractivity contribution < 1.29 is 37.3 Å². The monoisotopic (exact) mass is 464 g/mol. The van der Waals surface area contributed by atoms with Crippen LogP contribution >= 0.6 is 11.3 Å². The molecule has 11 heteroatoms. The van der Waals surface area contributed by atoms with Gasteiger partial charge in [-0.15, -0.1) is 0 Å². The van der Waals surface area contributed by atoms with E-state index in [0.29, 0.717) is 37.4 Å². The number of carbonyl (C=O) groups is 2. The van der Waals surface area contributed by atoms with Gasteiger partial charge in [-0.3, -0.25) is 9.69 Å². The van der Waals surface area contributed by atoms with Crippen LogP contribution < -0.4 is 0 Å². The van der Waals surface area contributed by atoms with Gasteiger partial charge in [-0.25, -0.2) is 4.79 Å². The maximum absolute atomic E-state index is 12.6. The lowest BCUT2D eigenvalue weighted by atomic mass is 9.81. The van der Waals surface area contributed by atoms with Gasteiger partial charge in [-0.2, -0.15) is 24.5 Å². The highest BCUT2D eigenvalue weighted by Crippen LogP contribution is 2.36. The molecule has 1 aromatic rings. The molecule has 3 aliphatic rings. The largest absolute Gasteiger partial charge is 0.490 e. The molecule has 3 aliphatic heterocycles. The molecule has 31 heavy (non-hydrogen) atoms. The number of hydrogen-bond donors (Lipinski definition) is 1. The highest BCUT2D eigenvalue weighted by molar-refractivity contribution is 7.07. The molecule has 3 atom stereocenters. The first-order chi connectivity index (χ1) is 14.7. The van der Waals surface area contributed by atoms with Gasteiger partial charge in [0.05, 0.1) is 26.4 Å². The van der Waals surface area contributed by atoms with Crippen molar-refractivity contribution in [3.8, 4) is 0 Å². The minimum atomic E-state index is -5.08. The number of carboxylic acid groups (broad SMARTS) is 1. The van der Waals surface area contributed by atoms with Crippen LogP contribution in [0, 0.1) is 17.8 Å². The molecule has 0 unspecified atom stereocenters.